The Morgan fingerprint density at radius 1 is 1.41 bits per heavy atom. The van der Waals surface area contributed by atoms with Gasteiger partial charge in [0, 0.05) is 20.6 Å². The van der Waals surface area contributed by atoms with E-state index in [0.717, 1.165) is 22.0 Å². The minimum atomic E-state index is -0.680. The molecule has 0 bridgehead atoms. The lowest BCUT2D eigenvalue weighted by Gasteiger charge is -2.36. The highest BCUT2D eigenvalue weighted by Gasteiger charge is 2.40. The molecular formula is C13H12ClIO2. The predicted molar refractivity (Wildman–Crippen MR) is 76.2 cm³/mol. The molecule has 1 aliphatic rings. The van der Waals surface area contributed by atoms with Gasteiger partial charge in [0.15, 0.2) is 5.60 Å². The molecule has 0 spiro atoms. The van der Waals surface area contributed by atoms with Gasteiger partial charge in [-0.05, 0) is 47.6 Å². The van der Waals surface area contributed by atoms with Crippen molar-refractivity contribution in [3.8, 4) is 0 Å². The molecule has 0 aromatic heterocycles. The smallest absolute Gasteiger partial charge is 0.307 e. The van der Waals surface area contributed by atoms with Crippen molar-refractivity contribution >= 4 is 40.2 Å². The number of halogens is 2. The largest absolute Gasteiger partial charge is 0.449 e. The maximum atomic E-state index is 11.5. The third-order valence-electron chi connectivity index (χ3n) is 2.95. The van der Waals surface area contributed by atoms with Crippen LogP contribution in [-0.4, -0.2) is 5.97 Å². The van der Waals surface area contributed by atoms with Crippen LogP contribution in [0.1, 0.15) is 24.8 Å². The second-order valence-corrected chi connectivity index (χ2v) is 5.81. The van der Waals surface area contributed by atoms with Crippen molar-refractivity contribution in [2.24, 2.45) is 0 Å². The Morgan fingerprint density at radius 2 is 2.06 bits per heavy atom. The molecular weight excluding hydrogens is 350 g/mol. The summed E-state index contributed by atoms with van der Waals surface area (Å²) >= 11 is 8.00. The number of cyclic esters (lactones) is 1. The summed E-state index contributed by atoms with van der Waals surface area (Å²) in [4.78, 5) is 11.5. The van der Waals surface area contributed by atoms with Gasteiger partial charge in [0.25, 0.3) is 0 Å². The lowest BCUT2D eigenvalue weighted by Crippen LogP contribution is -2.36. The molecule has 2 rings (SSSR count). The first kappa shape index (κ1) is 12.9. The van der Waals surface area contributed by atoms with E-state index in [1.54, 1.807) is 12.1 Å². The number of rotatable bonds is 2. The van der Waals surface area contributed by atoms with Crippen LogP contribution in [0.5, 0.6) is 0 Å². The van der Waals surface area contributed by atoms with E-state index in [-0.39, 0.29) is 5.97 Å². The molecule has 1 aromatic carbocycles. The van der Waals surface area contributed by atoms with Crippen LogP contribution in [0.25, 0.3) is 0 Å². The van der Waals surface area contributed by atoms with Gasteiger partial charge in [-0.25, -0.2) is 0 Å². The van der Waals surface area contributed by atoms with Gasteiger partial charge in [-0.1, -0.05) is 30.3 Å². The van der Waals surface area contributed by atoms with E-state index in [1.807, 2.05) is 12.1 Å². The quantitative estimate of drug-likeness (QED) is 0.582. The summed E-state index contributed by atoms with van der Waals surface area (Å²) in [5, 5.41) is 0.671. The Morgan fingerprint density at radius 3 is 2.59 bits per heavy atom. The molecule has 0 unspecified atom stereocenters. The second kappa shape index (κ2) is 4.98. The lowest BCUT2D eigenvalue weighted by molar-refractivity contribution is -0.162. The van der Waals surface area contributed by atoms with E-state index in [2.05, 4.69) is 29.2 Å². The summed E-state index contributed by atoms with van der Waals surface area (Å²) in [6.07, 6.45) is 2.09. The molecule has 0 radical (unpaired) electrons. The molecule has 0 amide bonds. The van der Waals surface area contributed by atoms with Crippen LogP contribution in [0.3, 0.4) is 0 Å². The van der Waals surface area contributed by atoms with Gasteiger partial charge in [0.05, 0.1) is 0 Å². The normalized spacial score (nSPS) is 24.2. The van der Waals surface area contributed by atoms with Crippen molar-refractivity contribution < 1.29 is 9.53 Å². The molecule has 0 N–H and O–H groups in total. The topological polar surface area (TPSA) is 26.3 Å². The standard InChI is InChI=1S/C13H12ClIO2/c1-9(15)13(8-2-3-12(16)17-13)10-4-6-11(14)7-5-10/h4-7H,1-3,8H2/t13-/m1/s1. The number of benzene rings is 1. The van der Waals surface area contributed by atoms with Crippen molar-refractivity contribution in [1.82, 2.24) is 0 Å². The number of carbonyl (C=O) groups is 1. The van der Waals surface area contributed by atoms with Gasteiger partial charge in [0.1, 0.15) is 0 Å². The van der Waals surface area contributed by atoms with E-state index in [1.165, 1.54) is 0 Å². The third kappa shape index (κ3) is 2.50. The predicted octanol–water partition coefficient (Wildman–Crippen LogP) is 4.21. The summed E-state index contributed by atoms with van der Waals surface area (Å²) < 4.78 is 6.40. The van der Waals surface area contributed by atoms with Gasteiger partial charge in [0.2, 0.25) is 0 Å². The summed E-state index contributed by atoms with van der Waals surface area (Å²) in [7, 11) is 0. The molecule has 2 nitrogen and oxygen atoms in total. The number of hydrogen-bond acceptors (Lipinski definition) is 2. The second-order valence-electron chi connectivity index (χ2n) is 4.07. The van der Waals surface area contributed by atoms with Crippen molar-refractivity contribution in [2.45, 2.75) is 24.9 Å². The van der Waals surface area contributed by atoms with Crippen LogP contribution in [0.2, 0.25) is 5.02 Å². The van der Waals surface area contributed by atoms with Crippen molar-refractivity contribution in [1.29, 1.82) is 0 Å². The average molecular weight is 363 g/mol. The van der Waals surface area contributed by atoms with Crippen LogP contribution in [0.4, 0.5) is 0 Å². The fourth-order valence-corrected chi connectivity index (χ4v) is 2.87. The average Bonchev–Trinajstić information content (AvgIpc) is 2.29. The zero-order valence-electron chi connectivity index (χ0n) is 9.21. The van der Waals surface area contributed by atoms with Crippen molar-refractivity contribution in [2.75, 3.05) is 0 Å². The molecule has 0 saturated carbocycles. The Balaban J connectivity index is 2.43. The maximum Gasteiger partial charge on any atom is 0.307 e. The van der Waals surface area contributed by atoms with E-state index in [9.17, 15) is 4.79 Å². The monoisotopic (exact) mass is 362 g/mol. The number of ether oxygens (including phenoxy) is 1. The van der Waals surface area contributed by atoms with Gasteiger partial charge >= 0.3 is 5.97 Å². The summed E-state index contributed by atoms with van der Waals surface area (Å²) in [5.41, 5.74) is 0.259. The van der Waals surface area contributed by atoms with Crippen LogP contribution in [0, 0.1) is 0 Å². The molecule has 90 valence electrons. The number of esters is 1. The molecule has 1 aromatic rings. The fraction of sp³-hybridized carbons (Fsp3) is 0.308. The highest BCUT2D eigenvalue weighted by molar-refractivity contribution is 14.1. The third-order valence-corrected chi connectivity index (χ3v) is 4.07. The van der Waals surface area contributed by atoms with E-state index < -0.39 is 5.60 Å². The lowest BCUT2D eigenvalue weighted by atomic mass is 9.86. The summed E-state index contributed by atoms with van der Waals surface area (Å²) in [5.74, 6) is -0.163. The Bertz CT molecular complexity index is 455. The van der Waals surface area contributed by atoms with Gasteiger partial charge in [-0.2, -0.15) is 0 Å². The molecule has 1 fully saturated rings. The van der Waals surface area contributed by atoms with Crippen LogP contribution < -0.4 is 0 Å². The highest BCUT2D eigenvalue weighted by Crippen LogP contribution is 2.43. The zero-order chi connectivity index (χ0) is 12.5. The van der Waals surface area contributed by atoms with E-state index in [0.29, 0.717) is 11.4 Å². The molecule has 17 heavy (non-hydrogen) atoms. The SMILES string of the molecule is C=C(I)[C@@]1(c2ccc(Cl)cc2)CCCC(=O)O1. The molecule has 1 aliphatic heterocycles. The van der Waals surface area contributed by atoms with Crippen LogP contribution in [0.15, 0.2) is 34.4 Å². The Kier molecular flexibility index (Phi) is 3.78. The number of hydrogen-bond donors (Lipinski definition) is 0. The minimum absolute atomic E-state index is 0.163. The molecule has 1 saturated heterocycles. The van der Waals surface area contributed by atoms with Crippen LogP contribution >= 0.6 is 34.2 Å². The van der Waals surface area contributed by atoms with E-state index in [4.69, 9.17) is 16.3 Å². The molecule has 1 heterocycles. The molecule has 1 atom stereocenters. The van der Waals surface area contributed by atoms with Crippen LogP contribution in [-0.2, 0) is 15.1 Å². The molecule has 4 heteroatoms. The minimum Gasteiger partial charge on any atom is -0.449 e. The Labute approximate surface area is 119 Å². The molecule has 0 aliphatic carbocycles. The van der Waals surface area contributed by atoms with Gasteiger partial charge in [-0.3, -0.25) is 4.79 Å². The van der Waals surface area contributed by atoms with Gasteiger partial charge in [-0.15, -0.1) is 0 Å². The zero-order valence-corrected chi connectivity index (χ0v) is 12.1. The first-order chi connectivity index (χ1) is 8.04. The summed E-state index contributed by atoms with van der Waals surface area (Å²) in [6, 6.07) is 7.40. The highest BCUT2D eigenvalue weighted by atomic mass is 127. The fourth-order valence-electron chi connectivity index (χ4n) is 2.05. The van der Waals surface area contributed by atoms with E-state index >= 15 is 0 Å². The maximum absolute atomic E-state index is 11.5. The Hall–Kier alpha value is -0.550. The number of carbonyl (C=O) groups excluding carboxylic acids is 1. The van der Waals surface area contributed by atoms with Crippen molar-refractivity contribution in [3.63, 3.8) is 0 Å². The first-order valence-corrected chi connectivity index (χ1v) is 6.83. The van der Waals surface area contributed by atoms with Crippen molar-refractivity contribution in [3.05, 3.63) is 45.0 Å². The summed E-state index contributed by atoms with van der Waals surface area (Å²) in [6.45, 7) is 3.96. The first-order valence-electron chi connectivity index (χ1n) is 5.37. The van der Waals surface area contributed by atoms with Gasteiger partial charge < -0.3 is 4.74 Å².